The number of imidazole rings is 1. The van der Waals surface area contributed by atoms with Crippen molar-refractivity contribution in [2.45, 2.75) is 57.1 Å². The van der Waals surface area contributed by atoms with Gasteiger partial charge >= 0.3 is 12.2 Å². The van der Waals surface area contributed by atoms with E-state index in [1.165, 1.54) is 10.9 Å². The SMILES string of the molecule is C#CC1(CO[Si](c2ccccc2)(c2ccccc2)C(C)(C)C)OC(n2cnc3c(N)nc(F)nc32)CC1OC(=O)OCC. The summed E-state index contributed by atoms with van der Waals surface area (Å²) in [6.45, 7) is 8.09. The van der Waals surface area contributed by atoms with Gasteiger partial charge in [0.25, 0.3) is 8.32 Å². The molecule has 1 aliphatic heterocycles. The fraction of sp³-hybridized carbons (Fsp3) is 0.355. The van der Waals surface area contributed by atoms with Crippen LogP contribution in [0.5, 0.6) is 0 Å². The van der Waals surface area contributed by atoms with Crippen LogP contribution in [0.2, 0.25) is 5.04 Å². The van der Waals surface area contributed by atoms with Gasteiger partial charge in [0.1, 0.15) is 6.23 Å². The van der Waals surface area contributed by atoms with E-state index in [0.717, 1.165) is 10.4 Å². The molecule has 1 fully saturated rings. The molecule has 224 valence electrons. The molecule has 0 spiro atoms. The number of carbonyl (C=O) groups is 1. The van der Waals surface area contributed by atoms with E-state index in [1.807, 2.05) is 36.4 Å². The van der Waals surface area contributed by atoms with Gasteiger partial charge in [0, 0.05) is 6.42 Å². The lowest BCUT2D eigenvalue weighted by atomic mass is 9.99. The third-order valence-electron chi connectivity index (χ3n) is 7.68. The molecule has 3 heterocycles. The molecule has 1 aliphatic rings. The maximum atomic E-state index is 14.2. The van der Waals surface area contributed by atoms with Gasteiger partial charge in [-0.25, -0.2) is 9.78 Å². The second-order valence-electron chi connectivity index (χ2n) is 11.3. The number of fused-ring (bicyclic) bond motifs is 1. The van der Waals surface area contributed by atoms with Crippen molar-refractivity contribution in [2.75, 3.05) is 18.9 Å². The molecule has 2 aromatic carbocycles. The zero-order valence-corrected chi connectivity index (χ0v) is 25.5. The minimum absolute atomic E-state index is 0.0874. The summed E-state index contributed by atoms with van der Waals surface area (Å²) < 4.78 is 40.1. The second kappa shape index (κ2) is 11.8. The summed E-state index contributed by atoms with van der Waals surface area (Å²) in [6.07, 6.45) is 3.96. The summed E-state index contributed by atoms with van der Waals surface area (Å²) in [5.41, 5.74) is 4.66. The Morgan fingerprint density at radius 2 is 1.79 bits per heavy atom. The standard InChI is InChI=1S/C31H34FN5O5Si/c1-6-31(19-40-43(30(3,4)5,21-14-10-8-11-15-21)22-16-12-9-13-17-22)23(41-29(38)39-7-2)18-24(42-31)37-20-34-25-26(33)35-28(32)36-27(25)37/h1,8-17,20,23-24H,7,18-19H2,2-5H3,(H2,33,35,36). The first-order valence-corrected chi connectivity index (χ1v) is 15.8. The number of ether oxygens (including phenoxy) is 3. The van der Waals surface area contributed by atoms with Crippen LogP contribution in [0.1, 0.15) is 40.3 Å². The molecule has 0 bridgehead atoms. The molecule has 43 heavy (non-hydrogen) atoms. The molecule has 2 N–H and O–H groups in total. The Bertz CT molecular complexity index is 1600. The van der Waals surface area contributed by atoms with Crippen molar-refractivity contribution in [3.63, 3.8) is 0 Å². The average molecular weight is 604 g/mol. The topological polar surface area (TPSA) is 124 Å². The van der Waals surface area contributed by atoms with Crippen molar-refractivity contribution in [3.05, 3.63) is 73.1 Å². The number of aromatic nitrogens is 4. The first-order chi connectivity index (χ1) is 20.5. The zero-order chi connectivity index (χ0) is 30.8. The summed E-state index contributed by atoms with van der Waals surface area (Å²) in [5, 5.41) is 1.73. The summed E-state index contributed by atoms with van der Waals surface area (Å²) >= 11 is 0. The van der Waals surface area contributed by atoms with Crippen molar-refractivity contribution in [2.24, 2.45) is 0 Å². The van der Waals surface area contributed by atoms with E-state index in [1.54, 1.807) is 6.92 Å². The number of nitrogens with zero attached hydrogens (tertiary/aromatic N) is 4. The third-order valence-corrected chi connectivity index (χ3v) is 12.7. The molecule has 4 aromatic rings. The van der Waals surface area contributed by atoms with E-state index in [4.69, 9.17) is 30.8 Å². The molecule has 3 atom stereocenters. The smallest absolute Gasteiger partial charge is 0.435 e. The number of nitrogens with two attached hydrogens (primary N) is 1. The molecular formula is C31H34FN5O5Si. The minimum Gasteiger partial charge on any atom is -0.435 e. The highest BCUT2D eigenvalue weighted by Gasteiger charge is 2.56. The Morgan fingerprint density at radius 3 is 2.35 bits per heavy atom. The Balaban J connectivity index is 1.59. The molecule has 0 saturated carbocycles. The number of hydrogen-bond acceptors (Lipinski definition) is 9. The first kappa shape index (κ1) is 30.2. The monoisotopic (exact) mass is 603 g/mol. The van der Waals surface area contributed by atoms with Gasteiger partial charge in [0.2, 0.25) is 0 Å². The summed E-state index contributed by atoms with van der Waals surface area (Å²) in [4.78, 5) is 24.3. The predicted molar refractivity (Wildman–Crippen MR) is 161 cm³/mol. The van der Waals surface area contributed by atoms with Gasteiger partial charge in [-0.3, -0.25) is 4.57 Å². The Hall–Kier alpha value is -4.31. The second-order valence-corrected chi connectivity index (χ2v) is 15.6. The number of halogens is 1. The fourth-order valence-corrected chi connectivity index (χ4v) is 10.3. The van der Waals surface area contributed by atoms with Crippen LogP contribution in [0.3, 0.4) is 0 Å². The van der Waals surface area contributed by atoms with E-state index in [0.29, 0.717) is 0 Å². The van der Waals surface area contributed by atoms with Gasteiger partial charge in [-0.2, -0.15) is 14.4 Å². The lowest BCUT2D eigenvalue weighted by Gasteiger charge is -2.44. The van der Waals surface area contributed by atoms with E-state index in [2.05, 4.69) is 65.9 Å². The first-order valence-electron chi connectivity index (χ1n) is 13.9. The number of carbonyl (C=O) groups excluding carboxylic acids is 1. The van der Waals surface area contributed by atoms with Crippen LogP contribution in [0, 0.1) is 18.4 Å². The van der Waals surface area contributed by atoms with Crippen LogP contribution in [-0.2, 0) is 18.6 Å². The highest BCUT2D eigenvalue weighted by atomic mass is 28.4. The van der Waals surface area contributed by atoms with Gasteiger partial charge in [0.15, 0.2) is 28.7 Å². The van der Waals surface area contributed by atoms with Crippen molar-refractivity contribution < 1.29 is 27.8 Å². The van der Waals surface area contributed by atoms with E-state index in [9.17, 15) is 9.18 Å². The number of anilines is 1. The summed E-state index contributed by atoms with van der Waals surface area (Å²) in [7, 11) is -3.06. The third kappa shape index (κ3) is 5.47. The Labute approximate surface area is 250 Å². The minimum atomic E-state index is -3.06. The van der Waals surface area contributed by atoms with E-state index in [-0.39, 0.29) is 41.7 Å². The number of rotatable bonds is 8. The molecule has 0 aliphatic carbocycles. The quantitative estimate of drug-likeness (QED) is 0.138. The van der Waals surface area contributed by atoms with Crippen LogP contribution >= 0.6 is 0 Å². The van der Waals surface area contributed by atoms with Gasteiger partial charge in [0.05, 0.1) is 19.5 Å². The number of hydrogen-bond donors (Lipinski definition) is 1. The van der Waals surface area contributed by atoms with Crippen molar-refractivity contribution in [1.29, 1.82) is 0 Å². The van der Waals surface area contributed by atoms with Gasteiger partial charge in [-0.05, 0) is 22.3 Å². The van der Waals surface area contributed by atoms with E-state index < -0.39 is 38.5 Å². The molecule has 10 nitrogen and oxygen atoms in total. The number of terminal acetylenes is 1. The van der Waals surface area contributed by atoms with Crippen LogP contribution < -0.4 is 16.1 Å². The molecule has 1 saturated heterocycles. The maximum Gasteiger partial charge on any atom is 0.508 e. The predicted octanol–water partition coefficient (Wildman–Crippen LogP) is 3.96. The van der Waals surface area contributed by atoms with E-state index >= 15 is 0 Å². The molecule has 12 heteroatoms. The zero-order valence-electron chi connectivity index (χ0n) is 24.5. The number of nitrogen functional groups attached to an aromatic ring is 1. The molecule has 0 radical (unpaired) electrons. The Morgan fingerprint density at radius 1 is 1.16 bits per heavy atom. The molecule has 0 amide bonds. The van der Waals surface area contributed by atoms with Crippen LogP contribution in [0.15, 0.2) is 67.0 Å². The van der Waals surface area contributed by atoms with Crippen molar-refractivity contribution in [1.82, 2.24) is 19.5 Å². The van der Waals surface area contributed by atoms with Gasteiger partial charge in [-0.1, -0.05) is 87.4 Å². The lowest BCUT2D eigenvalue weighted by molar-refractivity contribution is -0.0942. The molecule has 2 aromatic heterocycles. The van der Waals surface area contributed by atoms with Gasteiger partial charge < -0.3 is 24.4 Å². The number of benzene rings is 2. The van der Waals surface area contributed by atoms with Crippen molar-refractivity contribution >= 4 is 41.8 Å². The normalized spacial score (nSPS) is 20.6. The van der Waals surface area contributed by atoms with Crippen LogP contribution in [-0.4, -0.2) is 58.9 Å². The van der Waals surface area contributed by atoms with Crippen LogP contribution in [0.4, 0.5) is 15.0 Å². The summed E-state index contributed by atoms with van der Waals surface area (Å²) in [6, 6.07) is 20.1. The lowest BCUT2D eigenvalue weighted by Crippen LogP contribution is -2.68. The Kier molecular flexibility index (Phi) is 8.24. The highest BCUT2D eigenvalue weighted by Crippen LogP contribution is 2.43. The fourth-order valence-electron chi connectivity index (χ4n) is 5.72. The van der Waals surface area contributed by atoms with Crippen molar-refractivity contribution in [3.8, 4) is 12.3 Å². The van der Waals surface area contributed by atoms with Crippen LogP contribution in [0.25, 0.3) is 11.2 Å². The largest absolute Gasteiger partial charge is 0.508 e. The molecule has 5 rings (SSSR count). The maximum absolute atomic E-state index is 14.2. The highest BCUT2D eigenvalue weighted by molar-refractivity contribution is 6.99. The summed E-state index contributed by atoms with van der Waals surface area (Å²) in [5.74, 6) is 2.63. The van der Waals surface area contributed by atoms with Gasteiger partial charge in [-0.15, -0.1) is 6.42 Å². The molecule has 3 unspecified atom stereocenters. The molecular weight excluding hydrogens is 569 g/mol. The average Bonchev–Trinajstić information content (AvgIpc) is 3.56.